The molecule has 1 saturated heterocycles. The quantitative estimate of drug-likeness (QED) is 0.793. The monoisotopic (exact) mass is 402 g/mol. The number of piperidine rings is 1. The van der Waals surface area contributed by atoms with Crippen molar-refractivity contribution in [3.8, 4) is 5.75 Å². The number of amides is 1. The zero-order valence-corrected chi connectivity index (χ0v) is 17.0. The molecule has 1 amide bonds. The molecule has 3 rings (SSSR count). The summed E-state index contributed by atoms with van der Waals surface area (Å²) in [5.41, 5.74) is 1.67. The van der Waals surface area contributed by atoms with Gasteiger partial charge in [0, 0.05) is 18.8 Å². The summed E-state index contributed by atoms with van der Waals surface area (Å²) < 4.78 is 27.1. The average molecular weight is 403 g/mol. The molecule has 7 heteroatoms. The number of anilines is 1. The maximum atomic E-state index is 12.8. The van der Waals surface area contributed by atoms with Crippen LogP contribution in [0.1, 0.15) is 54.9 Å². The summed E-state index contributed by atoms with van der Waals surface area (Å²) in [6.07, 6.45) is 2.68. The molecular weight excluding hydrogens is 376 g/mol. The van der Waals surface area contributed by atoms with Gasteiger partial charge in [0.15, 0.2) is 0 Å². The third kappa shape index (κ3) is 4.36. The largest absolute Gasteiger partial charge is 0.507 e. The highest BCUT2D eigenvalue weighted by molar-refractivity contribution is 7.89. The van der Waals surface area contributed by atoms with Crippen LogP contribution in [0.25, 0.3) is 0 Å². The average Bonchev–Trinajstić information content (AvgIpc) is 2.69. The van der Waals surface area contributed by atoms with Crippen LogP contribution >= 0.6 is 0 Å². The SMILES string of the molecule is CC(C)c1ccc(NC(=O)c2cc(S(=O)(=O)N3CCCCC3)ccc2O)cc1. The molecule has 0 unspecified atom stereocenters. The molecule has 6 nitrogen and oxygen atoms in total. The van der Waals surface area contributed by atoms with Crippen molar-refractivity contribution in [1.82, 2.24) is 4.31 Å². The maximum absolute atomic E-state index is 12.8. The first-order valence-electron chi connectivity index (χ1n) is 9.53. The normalized spacial score (nSPS) is 15.5. The Labute approximate surface area is 166 Å². The number of phenols is 1. The highest BCUT2D eigenvalue weighted by Crippen LogP contribution is 2.26. The van der Waals surface area contributed by atoms with Crippen molar-refractivity contribution >= 4 is 21.6 Å². The van der Waals surface area contributed by atoms with E-state index in [-0.39, 0.29) is 16.2 Å². The van der Waals surface area contributed by atoms with Gasteiger partial charge in [0.1, 0.15) is 5.75 Å². The van der Waals surface area contributed by atoms with E-state index in [1.807, 2.05) is 12.1 Å². The summed E-state index contributed by atoms with van der Waals surface area (Å²) in [7, 11) is -3.68. The van der Waals surface area contributed by atoms with E-state index in [9.17, 15) is 18.3 Å². The second-order valence-corrected chi connectivity index (χ2v) is 9.31. The number of sulfonamides is 1. The molecule has 0 aromatic heterocycles. The Morgan fingerprint density at radius 2 is 1.68 bits per heavy atom. The minimum absolute atomic E-state index is 0.0208. The van der Waals surface area contributed by atoms with Crippen molar-refractivity contribution in [2.75, 3.05) is 18.4 Å². The molecule has 1 fully saturated rings. The van der Waals surface area contributed by atoms with Crippen molar-refractivity contribution in [1.29, 1.82) is 0 Å². The summed E-state index contributed by atoms with van der Waals surface area (Å²) in [6, 6.07) is 11.3. The Balaban J connectivity index is 1.83. The van der Waals surface area contributed by atoms with Gasteiger partial charge in [0.25, 0.3) is 5.91 Å². The smallest absolute Gasteiger partial charge is 0.259 e. The van der Waals surface area contributed by atoms with Crippen LogP contribution in [-0.4, -0.2) is 36.8 Å². The van der Waals surface area contributed by atoms with Crippen molar-refractivity contribution < 1.29 is 18.3 Å². The van der Waals surface area contributed by atoms with E-state index in [0.29, 0.717) is 24.7 Å². The Hall–Kier alpha value is -2.38. The van der Waals surface area contributed by atoms with Gasteiger partial charge < -0.3 is 10.4 Å². The maximum Gasteiger partial charge on any atom is 0.259 e. The number of carbonyl (C=O) groups excluding carboxylic acids is 1. The van der Waals surface area contributed by atoms with E-state index in [1.165, 1.54) is 22.5 Å². The van der Waals surface area contributed by atoms with Crippen LogP contribution in [-0.2, 0) is 10.0 Å². The van der Waals surface area contributed by atoms with Crippen molar-refractivity contribution in [3.05, 3.63) is 53.6 Å². The standard InChI is InChI=1S/C21H26N2O4S/c1-15(2)16-6-8-17(9-7-16)22-21(25)19-14-18(10-11-20(19)24)28(26,27)23-12-4-3-5-13-23/h6-11,14-15,24H,3-5,12-13H2,1-2H3,(H,22,25). The number of hydrogen-bond acceptors (Lipinski definition) is 4. The predicted molar refractivity (Wildman–Crippen MR) is 109 cm³/mol. The van der Waals surface area contributed by atoms with Crippen LogP contribution < -0.4 is 5.32 Å². The zero-order chi connectivity index (χ0) is 20.3. The molecule has 0 aliphatic carbocycles. The van der Waals surface area contributed by atoms with Crippen LogP contribution in [0.15, 0.2) is 47.4 Å². The zero-order valence-electron chi connectivity index (χ0n) is 16.2. The fourth-order valence-corrected chi connectivity index (χ4v) is 4.81. The Kier molecular flexibility index (Phi) is 6.05. The predicted octanol–water partition coefficient (Wildman–Crippen LogP) is 3.94. The molecule has 0 radical (unpaired) electrons. The topological polar surface area (TPSA) is 86.7 Å². The van der Waals surface area contributed by atoms with Crippen molar-refractivity contribution in [2.24, 2.45) is 0 Å². The van der Waals surface area contributed by atoms with E-state index < -0.39 is 15.9 Å². The number of rotatable bonds is 5. The van der Waals surface area contributed by atoms with E-state index in [1.54, 1.807) is 12.1 Å². The van der Waals surface area contributed by atoms with Crippen LogP contribution in [0.5, 0.6) is 5.75 Å². The van der Waals surface area contributed by atoms with Crippen LogP contribution in [0.4, 0.5) is 5.69 Å². The Morgan fingerprint density at radius 1 is 1.04 bits per heavy atom. The number of phenolic OH excluding ortho intramolecular Hbond substituents is 1. The van der Waals surface area contributed by atoms with Gasteiger partial charge in [-0.2, -0.15) is 4.31 Å². The Morgan fingerprint density at radius 3 is 2.29 bits per heavy atom. The van der Waals surface area contributed by atoms with Gasteiger partial charge in [-0.15, -0.1) is 0 Å². The first kappa shape index (κ1) is 20.4. The lowest BCUT2D eigenvalue weighted by Gasteiger charge is -2.26. The van der Waals surface area contributed by atoms with Gasteiger partial charge >= 0.3 is 0 Å². The lowest BCUT2D eigenvalue weighted by Crippen LogP contribution is -2.35. The number of nitrogens with zero attached hydrogens (tertiary/aromatic N) is 1. The molecule has 2 aromatic rings. The van der Waals surface area contributed by atoms with E-state index in [0.717, 1.165) is 24.8 Å². The molecule has 0 bridgehead atoms. The highest BCUT2D eigenvalue weighted by atomic mass is 32.2. The molecule has 1 aliphatic heterocycles. The van der Waals surface area contributed by atoms with E-state index >= 15 is 0 Å². The van der Waals surface area contributed by atoms with Crippen molar-refractivity contribution in [2.45, 2.75) is 43.9 Å². The van der Waals surface area contributed by atoms with Crippen molar-refractivity contribution in [3.63, 3.8) is 0 Å². The van der Waals surface area contributed by atoms with Gasteiger partial charge in [-0.25, -0.2) is 8.42 Å². The number of nitrogens with one attached hydrogen (secondary N) is 1. The molecule has 2 aromatic carbocycles. The Bertz CT molecular complexity index is 947. The third-order valence-corrected chi connectivity index (χ3v) is 6.90. The highest BCUT2D eigenvalue weighted by Gasteiger charge is 2.27. The summed E-state index contributed by atoms with van der Waals surface area (Å²) in [5, 5.41) is 12.8. The summed E-state index contributed by atoms with van der Waals surface area (Å²) in [6.45, 7) is 5.12. The molecule has 0 saturated carbocycles. The van der Waals surface area contributed by atoms with Gasteiger partial charge in [-0.1, -0.05) is 32.4 Å². The molecule has 28 heavy (non-hydrogen) atoms. The molecule has 1 heterocycles. The fraction of sp³-hybridized carbons (Fsp3) is 0.381. The fourth-order valence-electron chi connectivity index (χ4n) is 3.26. The molecule has 2 N–H and O–H groups in total. The van der Waals surface area contributed by atoms with Crippen LogP contribution in [0.2, 0.25) is 0 Å². The van der Waals surface area contributed by atoms with Gasteiger partial charge in [-0.05, 0) is 54.7 Å². The molecule has 1 aliphatic rings. The molecular formula is C21H26N2O4S. The minimum Gasteiger partial charge on any atom is -0.507 e. The van der Waals surface area contributed by atoms with Crippen LogP contribution in [0.3, 0.4) is 0 Å². The number of aromatic hydroxyl groups is 1. The second kappa shape index (κ2) is 8.32. The summed E-state index contributed by atoms with van der Waals surface area (Å²) in [4.78, 5) is 12.7. The molecule has 150 valence electrons. The van der Waals surface area contributed by atoms with Gasteiger partial charge in [0.05, 0.1) is 10.5 Å². The second-order valence-electron chi connectivity index (χ2n) is 7.37. The van der Waals surface area contributed by atoms with E-state index in [2.05, 4.69) is 19.2 Å². The first-order chi connectivity index (χ1) is 13.3. The van der Waals surface area contributed by atoms with Gasteiger partial charge in [-0.3, -0.25) is 4.79 Å². The number of hydrogen-bond donors (Lipinski definition) is 2. The summed E-state index contributed by atoms with van der Waals surface area (Å²) in [5.74, 6) is -0.426. The lowest BCUT2D eigenvalue weighted by atomic mass is 10.0. The third-order valence-electron chi connectivity index (χ3n) is 5.00. The van der Waals surface area contributed by atoms with Crippen LogP contribution in [0, 0.1) is 0 Å². The first-order valence-corrected chi connectivity index (χ1v) is 11.0. The number of benzene rings is 2. The van der Waals surface area contributed by atoms with Gasteiger partial charge in [0.2, 0.25) is 10.0 Å². The molecule has 0 atom stereocenters. The van der Waals surface area contributed by atoms with E-state index in [4.69, 9.17) is 0 Å². The lowest BCUT2D eigenvalue weighted by molar-refractivity contribution is 0.102. The molecule has 0 spiro atoms. The minimum atomic E-state index is -3.68. The summed E-state index contributed by atoms with van der Waals surface area (Å²) >= 11 is 0. The number of carbonyl (C=O) groups is 1.